The Morgan fingerprint density at radius 2 is 2.30 bits per heavy atom. The van der Waals surface area contributed by atoms with Gasteiger partial charge in [-0.3, -0.25) is 4.79 Å². The molecule has 2 atom stereocenters. The van der Waals surface area contributed by atoms with Gasteiger partial charge in [-0.05, 0) is 25.0 Å². The summed E-state index contributed by atoms with van der Waals surface area (Å²) >= 11 is 0. The summed E-state index contributed by atoms with van der Waals surface area (Å²) in [5.74, 6) is 0.261. The van der Waals surface area contributed by atoms with Crippen molar-refractivity contribution in [2.45, 2.75) is 25.4 Å². The fourth-order valence-corrected chi connectivity index (χ4v) is 2.78. The van der Waals surface area contributed by atoms with Crippen molar-refractivity contribution < 1.29 is 5.11 Å². The Morgan fingerprint density at radius 3 is 3.05 bits per heavy atom. The van der Waals surface area contributed by atoms with Gasteiger partial charge in [-0.25, -0.2) is 4.98 Å². The Morgan fingerprint density at radius 1 is 1.45 bits per heavy atom. The molecule has 20 heavy (non-hydrogen) atoms. The number of rotatable bonds is 3. The molecule has 0 saturated heterocycles. The topological polar surface area (TPSA) is 104 Å². The van der Waals surface area contributed by atoms with E-state index in [4.69, 9.17) is 5.73 Å². The lowest BCUT2D eigenvalue weighted by molar-refractivity contribution is 0.138. The van der Waals surface area contributed by atoms with Gasteiger partial charge in [0, 0.05) is 12.5 Å². The van der Waals surface area contributed by atoms with Crippen LogP contribution >= 0.6 is 0 Å². The van der Waals surface area contributed by atoms with Crippen LogP contribution in [0, 0.1) is 5.92 Å². The number of aliphatic hydroxyl groups is 1. The summed E-state index contributed by atoms with van der Waals surface area (Å²) in [5.41, 5.74) is 7.66. The molecule has 0 radical (unpaired) electrons. The highest BCUT2D eigenvalue weighted by Crippen LogP contribution is 2.28. The molecule has 3 rings (SSSR count). The van der Waals surface area contributed by atoms with Crippen LogP contribution in [0.25, 0.3) is 10.9 Å². The molecule has 2 unspecified atom stereocenters. The zero-order valence-corrected chi connectivity index (χ0v) is 11.1. The molecule has 1 aliphatic carbocycles. The lowest BCUT2D eigenvalue weighted by Gasteiger charge is -2.17. The van der Waals surface area contributed by atoms with Crippen molar-refractivity contribution in [3.63, 3.8) is 0 Å². The number of nitrogen functional groups attached to an aromatic ring is 1. The van der Waals surface area contributed by atoms with Gasteiger partial charge in [-0.2, -0.15) is 0 Å². The van der Waals surface area contributed by atoms with Gasteiger partial charge < -0.3 is 21.1 Å². The van der Waals surface area contributed by atoms with Crippen molar-refractivity contribution in [3.8, 4) is 0 Å². The van der Waals surface area contributed by atoms with Gasteiger partial charge >= 0.3 is 0 Å². The summed E-state index contributed by atoms with van der Waals surface area (Å²) in [7, 11) is 0. The second kappa shape index (κ2) is 5.13. The molecule has 0 bridgehead atoms. The number of aromatic amines is 1. The number of hydrogen-bond acceptors (Lipinski definition) is 5. The van der Waals surface area contributed by atoms with E-state index < -0.39 is 0 Å². The van der Waals surface area contributed by atoms with Crippen LogP contribution in [-0.4, -0.2) is 27.7 Å². The Bertz CT molecular complexity index is 682. The largest absolute Gasteiger partial charge is 0.397 e. The SMILES string of the molecule is Nc1cc2c(=O)[nH]cnc2cc1NCC1CCCC1O. The Hall–Kier alpha value is -2.08. The molecular weight excluding hydrogens is 256 g/mol. The van der Waals surface area contributed by atoms with Gasteiger partial charge in [-0.15, -0.1) is 0 Å². The summed E-state index contributed by atoms with van der Waals surface area (Å²) < 4.78 is 0. The fourth-order valence-electron chi connectivity index (χ4n) is 2.78. The third kappa shape index (κ3) is 2.34. The maximum absolute atomic E-state index is 11.6. The quantitative estimate of drug-likeness (QED) is 0.627. The number of anilines is 2. The molecule has 0 amide bonds. The van der Waals surface area contributed by atoms with E-state index in [-0.39, 0.29) is 17.6 Å². The lowest BCUT2D eigenvalue weighted by atomic mass is 10.1. The molecule has 1 heterocycles. The number of H-pyrrole nitrogens is 1. The minimum atomic E-state index is -0.231. The molecular formula is C14H18N4O2. The average molecular weight is 274 g/mol. The van der Waals surface area contributed by atoms with E-state index >= 15 is 0 Å². The molecule has 1 saturated carbocycles. The number of nitrogens with zero attached hydrogens (tertiary/aromatic N) is 1. The first kappa shape index (κ1) is 12.9. The van der Waals surface area contributed by atoms with E-state index in [1.54, 1.807) is 12.1 Å². The molecule has 6 nitrogen and oxygen atoms in total. The number of aromatic nitrogens is 2. The molecule has 0 aliphatic heterocycles. The van der Waals surface area contributed by atoms with Crippen molar-refractivity contribution in [1.82, 2.24) is 9.97 Å². The van der Waals surface area contributed by atoms with Crippen molar-refractivity contribution >= 4 is 22.3 Å². The predicted octanol–water partition coefficient (Wildman–Crippen LogP) is 1.08. The number of aliphatic hydroxyl groups excluding tert-OH is 1. The van der Waals surface area contributed by atoms with Crippen molar-refractivity contribution in [1.29, 1.82) is 0 Å². The summed E-state index contributed by atoms with van der Waals surface area (Å²) in [6.45, 7) is 0.681. The third-order valence-electron chi connectivity index (χ3n) is 3.99. The number of nitrogens with one attached hydrogen (secondary N) is 2. The molecule has 1 fully saturated rings. The maximum atomic E-state index is 11.6. The van der Waals surface area contributed by atoms with Crippen LogP contribution in [-0.2, 0) is 0 Å². The lowest BCUT2D eigenvalue weighted by Crippen LogP contribution is -2.22. The van der Waals surface area contributed by atoms with Crippen LogP contribution in [0.15, 0.2) is 23.3 Å². The first-order valence-electron chi connectivity index (χ1n) is 6.84. The highest BCUT2D eigenvalue weighted by atomic mass is 16.3. The van der Waals surface area contributed by atoms with Gasteiger partial charge in [-0.1, -0.05) is 6.42 Å². The Balaban J connectivity index is 1.84. The van der Waals surface area contributed by atoms with Gasteiger partial charge in [0.2, 0.25) is 0 Å². The van der Waals surface area contributed by atoms with Crippen LogP contribution in [0.5, 0.6) is 0 Å². The molecule has 106 valence electrons. The number of hydrogen-bond donors (Lipinski definition) is 4. The third-order valence-corrected chi connectivity index (χ3v) is 3.99. The Kier molecular flexibility index (Phi) is 3.31. The van der Waals surface area contributed by atoms with Gasteiger partial charge in [0.1, 0.15) is 0 Å². The van der Waals surface area contributed by atoms with E-state index in [1.807, 2.05) is 0 Å². The van der Waals surface area contributed by atoms with Crippen molar-refractivity contribution in [3.05, 3.63) is 28.8 Å². The van der Waals surface area contributed by atoms with E-state index in [0.29, 0.717) is 23.1 Å². The fraction of sp³-hybridized carbons (Fsp3) is 0.429. The highest BCUT2D eigenvalue weighted by molar-refractivity contribution is 5.88. The second-order valence-electron chi connectivity index (χ2n) is 5.33. The molecule has 1 aliphatic rings. The molecule has 1 aromatic carbocycles. The zero-order chi connectivity index (χ0) is 14.1. The standard InChI is InChI=1S/C14H18N4O2/c15-10-4-9-11(17-7-18-14(9)20)5-12(10)16-6-8-2-1-3-13(8)19/h4-5,7-8,13,16,19H,1-3,6,15H2,(H,17,18,20). The minimum absolute atomic E-state index is 0.195. The average Bonchev–Trinajstić information content (AvgIpc) is 2.83. The number of benzene rings is 1. The van der Waals surface area contributed by atoms with Crippen molar-refractivity contribution in [2.24, 2.45) is 5.92 Å². The van der Waals surface area contributed by atoms with E-state index in [2.05, 4.69) is 15.3 Å². The van der Waals surface area contributed by atoms with Crippen molar-refractivity contribution in [2.75, 3.05) is 17.6 Å². The molecule has 1 aromatic heterocycles. The van der Waals surface area contributed by atoms with Crippen LogP contribution in [0.2, 0.25) is 0 Å². The first-order valence-corrected chi connectivity index (χ1v) is 6.84. The molecule has 2 aromatic rings. The number of nitrogens with two attached hydrogens (primary N) is 1. The van der Waals surface area contributed by atoms with Crippen LogP contribution in [0.1, 0.15) is 19.3 Å². The smallest absolute Gasteiger partial charge is 0.258 e. The highest BCUT2D eigenvalue weighted by Gasteiger charge is 2.24. The van der Waals surface area contributed by atoms with E-state index in [1.165, 1.54) is 6.33 Å². The predicted molar refractivity (Wildman–Crippen MR) is 78.6 cm³/mol. The zero-order valence-electron chi connectivity index (χ0n) is 11.1. The molecule has 5 N–H and O–H groups in total. The summed E-state index contributed by atoms with van der Waals surface area (Å²) in [5, 5.41) is 13.6. The molecule has 6 heteroatoms. The van der Waals surface area contributed by atoms with Crippen LogP contribution in [0.4, 0.5) is 11.4 Å². The second-order valence-corrected chi connectivity index (χ2v) is 5.33. The molecule has 0 spiro atoms. The first-order chi connectivity index (χ1) is 9.65. The minimum Gasteiger partial charge on any atom is -0.397 e. The van der Waals surface area contributed by atoms with Gasteiger partial charge in [0.25, 0.3) is 5.56 Å². The summed E-state index contributed by atoms with van der Waals surface area (Å²) in [4.78, 5) is 18.3. The maximum Gasteiger partial charge on any atom is 0.258 e. The van der Waals surface area contributed by atoms with Crippen LogP contribution in [0.3, 0.4) is 0 Å². The van der Waals surface area contributed by atoms with Gasteiger partial charge in [0.05, 0.1) is 34.7 Å². The summed E-state index contributed by atoms with van der Waals surface area (Å²) in [6, 6.07) is 3.41. The van der Waals surface area contributed by atoms with E-state index in [0.717, 1.165) is 24.9 Å². The van der Waals surface area contributed by atoms with Gasteiger partial charge in [0.15, 0.2) is 0 Å². The summed E-state index contributed by atoms with van der Waals surface area (Å²) in [6.07, 6.45) is 4.11. The van der Waals surface area contributed by atoms with Crippen LogP contribution < -0.4 is 16.6 Å². The van der Waals surface area contributed by atoms with E-state index in [9.17, 15) is 9.90 Å². The normalized spacial score (nSPS) is 22.2. The Labute approximate surface area is 116 Å². The monoisotopic (exact) mass is 274 g/mol. The number of fused-ring (bicyclic) bond motifs is 1.